The first-order chi connectivity index (χ1) is 7.65. The molecule has 3 nitrogen and oxygen atoms in total. The predicted octanol–water partition coefficient (Wildman–Crippen LogP) is 2.02. The molecule has 1 rings (SSSR count). The fraction of sp³-hybridized carbons (Fsp3) is 0.923. The first-order valence-corrected chi connectivity index (χ1v) is 6.58. The summed E-state index contributed by atoms with van der Waals surface area (Å²) in [4.78, 5) is 13.1. The molecule has 3 heteroatoms. The van der Waals surface area contributed by atoms with Crippen LogP contribution in [0.4, 0.5) is 0 Å². The van der Waals surface area contributed by atoms with E-state index in [1.807, 2.05) is 14.1 Å². The summed E-state index contributed by atoms with van der Waals surface area (Å²) in [5.41, 5.74) is 0. The lowest BCUT2D eigenvalue weighted by atomic mass is 9.83. The van der Waals surface area contributed by atoms with Crippen molar-refractivity contribution in [2.24, 2.45) is 5.92 Å². The average Bonchev–Trinajstić information content (AvgIpc) is 2.29. The van der Waals surface area contributed by atoms with Crippen molar-refractivity contribution in [3.63, 3.8) is 0 Å². The summed E-state index contributed by atoms with van der Waals surface area (Å²) in [5.74, 6) is 1.04. The molecule has 0 radical (unpaired) electrons. The second kappa shape index (κ2) is 6.89. The Bertz CT molecular complexity index is 216. The van der Waals surface area contributed by atoms with Crippen molar-refractivity contribution in [3.05, 3.63) is 0 Å². The van der Waals surface area contributed by atoms with Crippen LogP contribution in [0.1, 0.15) is 45.4 Å². The van der Waals surface area contributed by atoms with Gasteiger partial charge in [0.25, 0.3) is 0 Å². The lowest BCUT2D eigenvalue weighted by molar-refractivity contribution is -0.128. The SMILES string of the molecule is CCC1CCCCC1NCCC(=O)N(C)C. The van der Waals surface area contributed by atoms with Gasteiger partial charge in [0.2, 0.25) is 5.91 Å². The zero-order valence-corrected chi connectivity index (χ0v) is 11.0. The molecule has 0 spiro atoms. The highest BCUT2D eigenvalue weighted by Gasteiger charge is 2.22. The molecule has 0 bridgehead atoms. The zero-order valence-electron chi connectivity index (χ0n) is 11.0. The van der Waals surface area contributed by atoms with Gasteiger partial charge in [-0.25, -0.2) is 0 Å². The van der Waals surface area contributed by atoms with Crippen molar-refractivity contribution in [1.82, 2.24) is 10.2 Å². The molecule has 1 fully saturated rings. The fourth-order valence-electron chi connectivity index (χ4n) is 2.55. The number of amides is 1. The van der Waals surface area contributed by atoms with Crippen LogP contribution in [0.15, 0.2) is 0 Å². The van der Waals surface area contributed by atoms with Crippen LogP contribution in [0.25, 0.3) is 0 Å². The van der Waals surface area contributed by atoms with Crippen LogP contribution >= 0.6 is 0 Å². The maximum absolute atomic E-state index is 11.4. The maximum atomic E-state index is 11.4. The monoisotopic (exact) mass is 226 g/mol. The smallest absolute Gasteiger partial charge is 0.223 e. The van der Waals surface area contributed by atoms with E-state index >= 15 is 0 Å². The van der Waals surface area contributed by atoms with Gasteiger partial charge in [-0.3, -0.25) is 4.79 Å². The Morgan fingerprint density at radius 3 is 2.62 bits per heavy atom. The topological polar surface area (TPSA) is 32.3 Å². The lowest BCUT2D eigenvalue weighted by Gasteiger charge is -2.31. The fourth-order valence-corrected chi connectivity index (χ4v) is 2.55. The van der Waals surface area contributed by atoms with E-state index in [4.69, 9.17) is 0 Å². The Morgan fingerprint density at radius 1 is 1.31 bits per heavy atom. The number of nitrogens with one attached hydrogen (secondary N) is 1. The number of hydrogen-bond acceptors (Lipinski definition) is 2. The zero-order chi connectivity index (χ0) is 12.0. The number of carbonyl (C=O) groups excluding carboxylic acids is 1. The molecule has 0 heterocycles. The van der Waals surface area contributed by atoms with Crippen LogP contribution in [0, 0.1) is 5.92 Å². The molecule has 0 aromatic heterocycles. The van der Waals surface area contributed by atoms with Gasteiger partial charge in [-0.1, -0.05) is 26.2 Å². The quantitative estimate of drug-likeness (QED) is 0.778. The minimum absolute atomic E-state index is 0.219. The molecule has 0 aromatic carbocycles. The summed E-state index contributed by atoms with van der Waals surface area (Å²) >= 11 is 0. The van der Waals surface area contributed by atoms with Gasteiger partial charge in [-0.15, -0.1) is 0 Å². The number of hydrogen-bond donors (Lipinski definition) is 1. The van der Waals surface area contributed by atoms with Crippen LogP contribution in [0.3, 0.4) is 0 Å². The molecule has 1 saturated carbocycles. The Kier molecular flexibility index (Phi) is 5.81. The van der Waals surface area contributed by atoms with E-state index in [0.29, 0.717) is 12.5 Å². The number of rotatable bonds is 5. The van der Waals surface area contributed by atoms with Gasteiger partial charge in [0, 0.05) is 33.1 Å². The van der Waals surface area contributed by atoms with Gasteiger partial charge in [0.15, 0.2) is 0 Å². The lowest BCUT2D eigenvalue weighted by Crippen LogP contribution is -2.40. The first kappa shape index (κ1) is 13.5. The molecule has 1 N–H and O–H groups in total. The molecule has 1 aliphatic carbocycles. The van der Waals surface area contributed by atoms with Crippen molar-refractivity contribution in [2.45, 2.75) is 51.5 Å². The largest absolute Gasteiger partial charge is 0.349 e. The molecule has 0 saturated heterocycles. The van der Waals surface area contributed by atoms with Crippen molar-refractivity contribution < 1.29 is 4.79 Å². The van der Waals surface area contributed by atoms with Gasteiger partial charge in [0.1, 0.15) is 0 Å². The highest BCUT2D eigenvalue weighted by atomic mass is 16.2. The Balaban J connectivity index is 2.22. The third-order valence-electron chi connectivity index (χ3n) is 3.68. The van der Waals surface area contributed by atoms with E-state index in [-0.39, 0.29) is 5.91 Å². The summed E-state index contributed by atoms with van der Waals surface area (Å²) in [7, 11) is 3.63. The van der Waals surface area contributed by atoms with Crippen LogP contribution in [-0.2, 0) is 4.79 Å². The summed E-state index contributed by atoms with van der Waals surface area (Å²) < 4.78 is 0. The summed E-state index contributed by atoms with van der Waals surface area (Å²) in [6, 6.07) is 0.647. The van der Waals surface area contributed by atoms with Crippen LogP contribution in [0.2, 0.25) is 0 Å². The van der Waals surface area contributed by atoms with Gasteiger partial charge in [0.05, 0.1) is 0 Å². The normalized spacial score (nSPS) is 25.4. The van der Waals surface area contributed by atoms with E-state index in [0.717, 1.165) is 12.5 Å². The van der Waals surface area contributed by atoms with E-state index in [9.17, 15) is 4.79 Å². The molecule has 94 valence electrons. The molecular formula is C13H26N2O. The second-order valence-electron chi connectivity index (χ2n) is 5.05. The third-order valence-corrected chi connectivity index (χ3v) is 3.68. The molecule has 0 aromatic rings. The number of carbonyl (C=O) groups is 1. The van der Waals surface area contributed by atoms with Gasteiger partial charge in [-0.2, -0.15) is 0 Å². The summed E-state index contributed by atoms with van der Waals surface area (Å²) in [6.45, 7) is 3.10. The molecule has 2 atom stereocenters. The molecule has 16 heavy (non-hydrogen) atoms. The van der Waals surface area contributed by atoms with E-state index < -0.39 is 0 Å². The van der Waals surface area contributed by atoms with Crippen molar-refractivity contribution >= 4 is 5.91 Å². The predicted molar refractivity (Wildman–Crippen MR) is 67.4 cm³/mol. The van der Waals surface area contributed by atoms with Crippen LogP contribution in [-0.4, -0.2) is 37.5 Å². The van der Waals surface area contributed by atoms with Crippen molar-refractivity contribution in [1.29, 1.82) is 0 Å². The third kappa shape index (κ3) is 4.12. The first-order valence-electron chi connectivity index (χ1n) is 6.58. The van der Waals surface area contributed by atoms with E-state index in [2.05, 4.69) is 12.2 Å². The minimum Gasteiger partial charge on any atom is -0.349 e. The standard InChI is InChI=1S/C13H26N2O/c1-4-11-7-5-6-8-12(11)14-10-9-13(16)15(2)3/h11-12,14H,4-10H2,1-3H3. The Morgan fingerprint density at radius 2 is 2.00 bits per heavy atom. The van der Waals surface area contributed by atoms with Crippen LogP contribution in [0.5, 0.6) is 0 Å². The average molecular weight is 226 g/mol. The Hall–Kier alpha value is -0.570. The van der Waals surface area contributed by atoms with Gasteiger partial charge >= 0.3 is 0 Å². The minimum atomic E-state index is 0.219. The molecular weight excluding hydrogens is 200 g/mol. The second-order valence-corrected chi connectivity index (χ2v) is 5.05. The van der Waals surface area contributed by atoms with E-state index in [1.165, 1.54) is 32.1 Å². The van der Waals surface area contributed by atoms with Crippen LogP contribution < -0.4 is 5.32 Å². The van der Waals surface area contributed by atoms with E-state index in [1.54, 1.807) is 4.90 Å². The van der Waals surface area contributed by atoms with Gasteiger partial charge < -0.3 is 10.2 Å². The molecule has 2 unspecified atom stereocenters. The summed E-state index contributed by atoms with van der Waals surface area (Å²) in [6.07, 6.45) is 7.26. The highest BCUT2D eigenvalue weighted by molar-refractivity contribution is 5.75. The maximum Gasteiger partial charge on any atom is 0.223 e. The number of nitrogens with zero attached hydrogens (tertiary/aromatic N) is 1. The van der Waals surface area contributed by atoms with Gasteiger partial charge in [-0.05, 0) is 18.8 Å². The molecule has 1 amide bonds. The highest BCUT2D eigenvalue weighted by Crippen LogP contribution is 2.26. The Labute approximate surface area is 99.6 Å². The molecule has 1 aliphatic rings. The van der Waals surface area contributed by atoms with Crippen molar-refractivity contribution in [3.8, 4) is 0 Å². The summed E-state index contributed by atoms with van der Waals surface area (Å²) in [5, 5.41) is 3.56. The molecule has 0 aliphatic heterocycles. The van der Waals surface area contributed by atoms with Crippen molar-refractivity contribution in [2.75, 3.05) is 20.6 Å².